The molecule has 29 heavy (non-hydrogen) atoms. The highest BCUT2D eigenvalue weighted by Crippen LogP contribution is 2.43. The lowest BCUT2D eigenvalue weighted by atomic mass is 9.94. The van der Waals surface area contributed by atoms with E-state index < -0.39 is 0 Å². The third-order valence-corrected chi connectivity index (χ3v) is 5.30. The van der Waals surface area contributed by atoms with Crippen LogP contribution < -0.4 is 4.74 Å². The van der Waals surface area contributed by atoms with Crippen molar-refractivity contribution in [3.63, 3.8) is 0 Å². The lowest BCUT2D eigenvalue weighted by Crippen LogP contribution is -1.96. The zero-order valence-corrected chi connectivity index (χ0v) is 17.4. The Morgan fingerprint density at radius 1 is 0.690 bits per heavy atom. The summed E-state index contributed by atoms with van der Waals surface area (Å²) in [6.07, 6.45) is 10.00. The van der Waals surface area contributed by atoms with E-state index in [0.717, 1.165) is 29.7 Å². The lowest BCUT2D eigenvalue weighted by molar-refractivity contribution is 0.412. The summed E-state index contributed by atoms with van der Waals surface area (Å²) in [6, 6.07) is 23.7. The van der Waals surface area contributed by atoms with Crippen LogP contribution in [0.1, 0.15) is 57.4 Å². The first-order valence-corrected chi connectivity index (χ1v) is 10.9. The minimum Gasteiger partial charge on any atom is -0.504 e. The van der Waals surface area contributed by atoms with Gasteiger partial charge in [0.15, 0.2) is 11.5 Å². The number of ether oxygens (including phenoxy) is 1. The molecule has 3 aromatic rings. The molecule has 0 saturated carbocycles. The van der Waals surface area contributed by atoms with Crippen molar-refractivity contribution in [2.75, 3.05) is 0 Å². The normalized spacial score (nSPS) is 10.8. The molecular weight excluding hydrogens is 356 g/mol. The number of rotatable bonds is 11. The summed E-state index contributed by atoms with van der Waals surface area (Å²) >= 11 is 0. The van der Waals surface area contributed by atoms with Gasteiger partial charge in [-0.2, -0.15) is 0 Å². The van der Waals surface area contributed by atoms with Gasteiger partial charge in [-0.25, -0.2) is 0 Å². The monoisotopic (exact) mass is 388 g/mol. The van der Waals surface area contributed by atoms with E-state index in [-0.39, 0.29) is 5.75 Å². The summed E-state index contributed by atoms with van der Waals surface area (Å²) in [4.78, 5) is 0. The van der Waals surface area contributed by atoms with Gasteiger partial charge < -0.3 is 9.84 Å². The van der Waals surface area contributed by atoms with Gasteiger partial charge in [0.1, 0.15) is 5.75 Å². The third kappa shape index (κ3) is 6.12. The Labute approximate surface area is 175 Å². The highest BCUT2D eigenvalue weighted by Gasteiger charge is 2.17. The van der Waals surface area contributed by atoms with Gasteiger partial charge >= 0.3 is 0 Å². The minimum atomic E-state index is 0.177. The van der Waals surface area contributed by atoms with Crippen molar-refractivity contribution in [2.24, 2.45) is 0 Å². The first kappa shape index (κ1) is 21.0. The van der Waals surface area contributed by atoms with Crippen LogP contribution in [0, 0.1) is 0 Å². The van der Waals surface area contributed by atoms with Crippen molar-refractivity contribution in [2.45, 2.75) is 58.3 Å². The van der Waals surface area contributed by atoms with Gasteiger partial charge in [0.05, 0.1) is 0 Å². The van der Waals surface area contributed by atoms with E-state index in [1.54, 1.807) is 6.07 Å². The average Bonchev–Trinajstić information content (AvgIpc) is 2.76. The number of hydrogen-bond acceptors (Lipinski definition) is 2. The van der Waals surface area contributed by atoms with Gasteiger partial charge in [-0.3, -0.25) is 0 Å². The zero-order valence-electron chi connectivity index (χ0n) is 17.4. The Balaban J connectivity index is 1.81. The zero-order chi connectivity index (χ0) is 20.3. The second-order valence-electron chi connectivity index (χ2n) is 7.60. The van der Waals surface area contributed by atoms with Gasteiger partial charge in [-0.05, 0) is 42.2 Å². The van der Waals surface area contributed by atoms with Crippen molar-refractivity contribution in [3.05, 3.63) is 78.4 Å². The Bertz CT molecular complexity index is 856. The van der Waals surface area contributed by atoms with E-state index in [0.29, 0.717) is 5.75 Å². The van der Waals surface area contributed by atoms with Crippen LogP contribution in [0.5, 0.6) is 17.2 Å². The van der Waals surface area contributed by atoms with Crippen molar-refractivity contribution < 1.29 is 9.84 Å². The number of aryl methyl sites for hydroxylation is 1. The highest BCUT2D eigenvalue weighted by atomic mass is 16.5. The topological polar surface area (TPSA) is 29.5 Å². The fraction of sp³-hybridized carbons (Fsp3) is 0.333. The van der Waals surface area contributed by atoms with Crippen LogP contribution in [0.15, 0.2) is 72.8 Å². The molecule has 2 heteroatoms. The number of phenols is 1. The van der Waals surface area contributed by atoms with Crippen molar-refractivity contribution in [1.82, 2.24) is 0 Å². The van der Waals surface area contributed by atoms with Crippen LogP contribution in [0.3, 0.4) is 0 Å². The van der Waals surface area contributed by atoms with Gasteiger partial charge in [0, 0.05) is 5.56 Å². The maximum Gasteiger partial charge on any atom is 0.177 e. The maximum atomic E-state index is 10.6. The summed E-state index contributed by atoms with van der Waals surface area (Å²) in [5.74, 6) is 1.45. The molecule has 0 amide bonds. The van der Waals surface area contributed by atoms with Crippen LogP contribution in [0.2, 0.25) is 0 Å². The quantitative estimate of drug-likeness (QED) is 0.336. The molecule has 0 aromatic heterocycles. The first-order valence-electron chi connectivity index (χ1n) is 10.9. The van der Waals surface area contributed by atoms with Gasteiger partial charge in [-0.15, -0.1) is 0 Å². The van der Waals surface area contributed by atoms with Crippen LogP contribution in [-0.4, -0.2) is 5.11 Å². The van der Waals surface area contributed by atoms with E-state index in [2.05, 4.69) is 19.1 Å². The van der Waals surface area contributed by atoms with Gasteiger partial charge in [0.25, 0.3) is 0 Å². The molecule has 0 aliphatic heterocycles. The molecule has 0 radical (unpaired) electrons. The Hall–Kier alpha value is -2.74. The summed E-state index contributed by atoms with van der Waals surface area (Å²) < 4.78 is 6.16. The number of benzene rings is 3. The van der Waals surface area contributed by atoms with Crippen molar-refractivity contribution in [1.29, 1.82) is 0 Å². The fourth-order valence-electron chi connectivity index (χ4n) is 3.72. The standard InChI is InChI=1S/C27H32O2/c1-2-3-4-5-6-7-10-17-23-20-21-25(28)27(29-24-18-13-9-14-19-24)26(23)22-15-11-8-12-16-22/h8-9,11-16,18-21,28H,2-7,10,17H2,1H3. The molecule has 0 bridgehead atoms. The van der Waals surface area contributed by atoms with E-state index in [4.69, 9.17) is 4.74 Å². The Kier molecular flexibility index (Phi) is 8.18. The molecule has 0 aliphatic rings. The van der Waals surface area contributed by atoms with E-state index >= 15 is 0 Å². The Morgan fingerprint density at radius 3 is 2.00 bits per heavy atom. The molecule has 2 nitrogen and oxygen atoms in total. The highest BCUT2D eigenvalue weighted by molar-refractivity contribution is 5.77. The van der Waals surface area contributed by atoms with Crippen LogP contribution in [0.4, 0.5) is 0 Å². The summed E-state index contributed by atoms with van der Waals surface area (Å²) in [6.45, 7) is 2.25. The van der Waals surface area contributed by atoms with Crippen LogP contribution in [0.25, 0.3) is 11.1 Å². The fourth-order valence-corrected chi connectivity index (χ4v) is 3.72. The number of phenolic OH excluding ortho intramolecular Hbond substituents is 1. The second kappa shape index (κ2) is 11.3. The van der Waals surface area contributed by atoms with Crippen molar-refractivity contribution in [3.8, 4) is 28.4 Å². The molecule has 0 heterocycles. The molecule has 0 atom stereocenters. The van der Waals surface area contributed by atoms with Crippen LogP contribution >= 0.6 is 0 Å². The van der Waals surface area contributed by atoms with Crippen molar-refractivity contribution >= 4 is 0 Å². The molecule has 3 rings (SSSR count). The molecular formula is C27H32O2. The number of unbranched alkanes of at least 4 members (excludes halogenated alkanes) is 6. The molecule has 3 aromatic carbocycles. The molecule has 0 unspecified atom stereocenters. The first-order chi connectivity index (χ1) is 14.3. The van der Waals surface area contributed by atoms with Gasteiger partial charge in [-0.1, -0.05) is 100 Å². The average molecular weight is 389 g/mol. The molecule has 152 valence electrons. The number of hydrogen-bond donors (Lipinski definition) is 1. The van der Waals surface area contributed by atoms with E-state index in [9.17, 15) is 5.11 Å². The van der Waals surface area contributed by atoms with E-state index in [1.807, 2.05) is 54.6 Å². The van der Waals surface area contributed by atoms with Crippen LogP contribution in [-0.2, 0) is 6.42 Å². The number of aromatic hydroxyl groups is 1. The SMILES string of the molecule is CCCCCCCCCc1ccc(O)c(Oc2ccccc2)c1-c1ccccc1. The Morgan fingerprint density at radius 2 is 1.31 bits per heavy atom. The third-order valence-electron chi connectivity index (χ3n) is 5.30. The molecule has 1 N–H and O–H groups in total. The minimum absolute atomic E-state index is 0.177. The predicted molar refractivity (Wildman–Crippen MR) is 122 cm³/mol. The predicted octanol–water partition coefficient (Wildman–Crippen LogP) is 8.14. The molecule has 0 saturated heterocycles. The summed E-state index contributed by atoms with van der Waals surface area (Å²) in [7, 11) is 0. The van der Waals surface area contributed by atoms with Gasteiger partial charge in [0.2, 0.25) is 0 Å². The molecule has 0 fully saturated rings. The lowest BCUT2D eigenvalue weighted by Gasteiger charge is -2.17. The maximum absolute atomic E-state index is 10.6. The molecule has 0 spiro atoms. The smallest absolute Gasteiger partial charge is 0.177 e. The van der Waals surface area contributed by atoms with E-state index in [1.165, 1.54) is 44.1 Å². The number of para-hydroxylation sites is 1. The molecule has 0 aliphatic carbocycles. The second-order valence-corrected chi connectivity index (χ2v) is 7.60. The largest absolute Gasteiger partial charge is 0.504 e. The summed E-state index contributed by atoms with van der Waals surface area (Å²) in [5.41, 5.74) is 3.31. The summed E-state index contributed by atoms with van der Waals surface area (Å²) in [5, 5.41) is 10.6.